The molecule has 1 heterocycles. The van der Waals surface area contributed by atoms with Crippen LogP contribution in [0, 0.1) is 13.8 Å². The Morgan fingerprint density at radius 2 is 1.81 bits per heavy atom. The van der Waals surface area contributed by atoms with Crippen molar-refractivity contribution in [2.45, 2.75) is 27.2 Å². The number of anilines is 3. The molecule has 5 heteroatoms. The van der Waals surface area contributed by atoms with Crippen molar-refractivity contribution < 1.29 is 4.79 Å². The molecule has 0 aliphatic carbocycles. The van der Waals surface area contributed by atoms with Gasteiger partial charge in [0.15, 0.2) is 0 Å². The van der Waals surface area contributed by atoms with E-state index in [1.165, 1.54) is 6.20 Å². The second-order valence-electron chi connectivity index (χ2n) is 6.20. The van der Waals surface area contributed by atoms with Crippen LogP contribution in [-0.4, -0.2) is 15.9 Å². The van der Waals surface area contributed by atoms with Gasteiger partial charge in [-0.15, -0.1) is 0 Å². The van der Waals surface area contributed by atoms with Gasteiger partial charge in [0.2, 0.25) is 0 Å². The lowest BCUT2D eigenvalue weighted by Crippen LogP contribution is -2.15. The number of carbonyl (C=O) groups excluding carboxylic acids is 1. The van der Waals surface area contributed by atoms with Gasteiger partial charge >= 0.3 is 0 Å². The summed E-state index contributed by atoms with van der Waals surface area (Å²) in [6.07, 6.45) is 3.90. The lowest BCUT2D eigenvalue weighted by Gasteiger charge is -2.11. The fourth-order valence-corrected chi connectivity index (χ4v) is 2.66. The van der Waals surface area contributed by atoms with E-state index in [0.29, 0.717) is 5.82 Å². The molecule has 0 aliphatic rings. The fraction of sp³-hybridized carbons (Fsp3) is 0.190. The fourth-order valence-electron chi connectivity index (χ4n) is 2.66. The number of nitrogens with one attached hydrogen (secondary N) is 2. The highest BCUT2D eigenvalue weighted by Gasteiger charge is 2.10. The molecule has 0 saturated carbocycles. The predicted octanol–water partition coefficient (Wildman–Crippen LogP) is 4.65. The molecule has 0 saturated heterocycles. The summed E-state index contributed by atoms with van der Waals surface area (Å²) in [5.74, 6) is 0.334. The molecule has 0 fully saturated rings. The van der Waals surface area contributed by atoms with E-state index in [2.05, 4.69) is 45.7 Å². The van der Waals surface area contributed by atoms with Gasteiger partial charge in [0, 0.05) is 11.4 Å². The van der Waals surface area contributed by atoms with Crippen LogP contribution in [0.1, 0.15) is 34.1 Å². The number of amides is 1. The number of para-hydroxylation sites is 1. The Hall–Kier alpha value is -3.21. The second kappa shape index (κ2) is 7.78. The maximum atomic E-state index is 12.4. The lowest BCUT2D eigenvalue weighted by atomic mass is 10.1. The van der Waals surface area contributed by atoms with Crippen LogP contribution in [-0.2, 0) is 6.42 Å². The summed E-state index contributed by atoms with van der Waals surface area (Å²) in [5, 5.41) is 6.14. The first-order valence-electron chi connectivity index (χ1n) is 8.62. The van der Waals surface area contributed by atoms with Crippen LogP contribution in [0.5, 0.6) is 0 Å². The molecular formula is C21H22N4O. The van der Waals surface area contributed by atoms with Crippen molar-refractivity contribution in [1.29, 1.82) is 0 Å². The number of nitrogens with zero attached hydrogens (tertiary/aromatic N) is 2. The van der Waals surface area contributed by atoms with Gasteiger partial charge in [-0.3, -0.25) is 4.79 Å². The van der Waals surface area contributed by atoms with E-state index in [1.807, 2.05) is 38.1 Å². The number of rotatable bonds is 5. The first-order valence-corrected chi connectivity index (χ1v) is 8.62. The summed E-state index contributed by atoms with van der Waals surface area (Å²) in [5.41, 5.74) is 5.43. The van der Waals surface area contributed by atoms with E-state index >= 15 is 0 Å². The molecule has 0 unspecified atom stereocenters. The van der Waals surface area contributed by atoms with Crippen molar-refractivity contribution in [2.24, 2.45) is 0 Å². The zero-order valence-corrected chi connectivity index (χ0v) is 15.2. The van der Waals surface area contributed by atoms with Gasteiger partial charge in [-0.05, 0) is 49.1 Å². The van der Waals surface area contributed by atoms with Crippen molar-refractivity contribution in [3.63, 3.8) is 0 Å². The summed E-state index contributed by atoms with van der Waals surface area (Å²) >= 11 is 0. The zero-order chi connectivity index (χ0) is 18.5. The number of carbonyl (C=O) groups is 1. The molecule has 26 heavy (non-hydrogen) atoms. The lowest BCUT2D eigenvalue weighted by molar-refractivity contribution is 0.102. The Balaban J connectivity index is 1.73. The smallest absolute Gasteiger partial charge is 0.275 e. The van der Waals surface area contributed by atoms with Crippen LogP contribution >= 0.6 is 0 Å². The summed E-state index contributed by atoms with van der Waals surface area (Å²) < 4.78 is 0. The minimum absolute atomic E-state index is 0.267. The van der Waals surface area contributed by atoms with Crippen LogP contribution < -0.4 is 10.6 Å². The van der Waals surface area contributed by atoms with Crippen molar-refractivity contribution in [3.05, 3.63) is 77.2 Å². The van der Waals surface area contributed by atoms with E-state index in [1.54, 1.807) is 6.20 Å². The van der Waals surface area contributed by atoms with Crippen LogP contribution in [0.25, 0.3) is 0 Å². The first kappa shape index (κ1) is 17.6. The Labute approximate surface area is 153 Å². The third-order valence-electron chi connectivity index (χ3n) is 4.19. The van der Waals surface area contributed by atoms with Crippen molar-refractivity contribution >= 4 is 23.1 Å². The normalized spacial score (nSPS) is 10.4. The topological polar surface area (TPSA) is 66.9 Å². The summed E-state index contributed by atoms with van der Waals surface area (Å²) in [4.78, 5) is 21.0. The Morgan fingerprint density at radius 1 is 1.00 bits per heavy atom. The minimum atomic E-state index is -0.267. The van der Waals surface area contributed by atoms with Gasteiger partial charge in [0.1, 0.15) is 11.5 Å². The predicted molar refractivity (Wildman–Crippen MR) is 105 cm³/mol. The molecule has 2 N–H and O–H groups in total. The minimum Gasteiger partial charge on any atom is -0.339 e. The van der Waals surface area contributed by atoms with Gasteiger partial charge < -0.3 is 10.6 Å². The molecule has 3 rings (SSSR count). The number of hydrogen-bond acceptors (Lipinski definition) is 4. The van der Waals surface area contributed by atoms with Gasteiger partial charge in [-0.2, -0.15) is 0 Å². The molecule has 0 atom stereocenters. The molecule has 1 amide bonds. The van der Waals surface area contributed by atoms with Gasteiger partial charge in [-0.25, -0.2) is 9.97 Å². The average molecular weight is 346 g/mol. The number of benzene rings is 2. The van der Waals surface area contributed by atoms with E-state index in [0.717, 1.165) is 34.5 Å². The number of aryl methyl sites for hydroxylation is 3. The first-order chi connectivity index (χ1) is 12.6. The Morgan fingerprint density at radius 3 is 2.54 bits per heavy atom. The SMILES string of the molecule is CCc1ccccc1NC(=O)c1cnc(Nc2cc(C)ccc2C)cn1. The Kier molecular flexibility index (Phi) is 5.27. The molecular weight excluding hydrogens is 324 g/mol. The van der Waals surface area contributed by atoms with E-state index in [-0.39, 0.29) is 11.6 Å². The maximum absolute atomic E-state index is 12.4. The van der Waals surface area contributed by atoms with Crippen LogP contribution in [0.3, 0.4) is 0 Å². The van der Waals surface area contributed by atoms with E-state index in [9.17, 15) is 4.79 Å². The zero-order valence-electron chi connectivity index (χ0n) is 15.2. The number of aromatic nitrogens is 2. The van der Waals surface area contributed by atoms with Crippen LogP contribution in [0.2, 0.25) is 0 Å². The van der Waals surface area contributed by atoms with Gasteiger partial charge in [0.05, 0.1) is 12.4 Å². The average Bonchev–Trinajstić information content (AvgIpc) is 2.65. The molecule has 0 aliphatic heterocycles. The summed E-state index contributed by atoms with van der Waals surface area (Å²) in [7, 11) is 0. The summed E-state index contributed by atoms with van der Waals surface area (Å²) in [6.45, 7) is 6.12. The molecule has 0 spiro atoms. The molecule has 3 aromatic rings. The van der Waals surface area contributed by atoms with Crippen molar-refractivity contribution in [1.82, 2.24) is 9.97 Å². The standard InChI is InChI=1S/C21H22N4O/c1-4-16-7-5-6-8-17(16)25-21(26)19-12-23-20(13-22-19)24-18-11-14(2)9-10-15(18)3/h5-13H,4H2,1-3H3,(H,23,24)(H,25,26). The third kappa shape index (κ3) is 4.06. The highest BCUT2D eigenvalue weighted by atomic mass is 16.1. The highest BCUT2D eigenvalue weighted by molar-refractivity contribution is 6.03. The largest absolute Gasteiger partial charge is 0.339 e. The monoisotopic (exact) mass is 346 g/mol. The van der Waals surface area contributed by atoms with Gasteiger partial charge in [-0.1, -0.05) is 37.3 Å². The molecule has 132 valence electrons. The molecule has 0 radical (unpaired) electrons. The molecule has 2 aromatic carbocycles. The van der Waals surface area contributed by atoms with Gasteiger partial charge in [0.25, 0.3) is 5.91 Å². The molecule has 5 nitrogen and oxygen atoms in total. The van der Waals surface area contributed by atoms with E-state index in [4.69, 9.17) is 0 Å². The van der Waals surface area contributed by atoms with Crippen LogP contribution in [0.15, 0.2) is 54.9 Å². The highest BCUT2D eigenvalue weighted by Crippen LogP contribution is 2.20. The van der Waals surface area contributed by atoms with Crippen LogP contribution in [0.4, 0.5) is 17.2 Å². The molecule has 0 bridgehead atoms. The third-order valence-corrected chi connectivity index (χ3v) is 4.19. The quantitative estimate of drug-likeness (QED) is 0.705. The van der Waals surface area contributed by atoms with Crippen molar-refractivity contribution in [2.75, 3.05) is 10.6 Å². The van der Waals surface area contributed by atoms with E-state index < -0.39 is 0 Å². The van der Waals surface area contributed by atoms with Crippen molar-refractivity contribution in [3.8, 4) is 0 Å². The Bertz CT molecular complexity index is 920. The maximum Gasteiger partial charge on any atom is 0.275 e. The molecule has 1 aromatic heterocycles. The second-order valence-corrected chi connectivity index (χ2v) is 6.20. The number of hydrogen-bond donors (Lipinski definition) is 2. The summed E-state index contributed by atoms with van der Waals surface area (Å²) in [6, 6.07) is 13.9.